The van der Waals surface area contributed by atoms with Crippen molar-refractivity contribution in [3.05, 3.63) is 59.4 Å². The minimum Gasteiger partial charge on any atom is -0.486 e. The van der Waals surface area contributed by atoms with Crippen molar-refractivity contribution in [2.24, 2.45) is 0 Å². The van der Waals surface area contributed by atoms with E-state index in [1.54, 1.807) is 12.1 Å². The number of rotatable bonds is 4. The molecule has 0 unspecified atom stereocenters. The predicted molar refractivity (Wildman–Crippen MR) is 70.6 cm³/mol. The Balaban J connectivity index is 0.00000220. The first-order valence-electron chi connectivity index (χ1n) is 6.04. The number of aryl methyl sites for hydroxylation is 1. The standard InChI is InChI=1S/C14H12BF4O.K/c1-10-2-4-11(5-3-10)9-20-14-8-12(15(17,18)19)6-7-13(14)16;/h2-8H,9H2,1H3;/q-1;+1. The van der Waals surface area contributed by atoms with Crippen LogP contribution in [-0.4, -0.2) is 6.98 Å². The summed E-state index contributed by atoms with van der Waals surface area (Å²) in [4.78, 5) is 0. The van der Waals surface area contributed by atoms with E-state index < -0.39 is 18.3 Å². The number of halogens is 4. The molecular weight excluding hydrogens is 310 g/mol. The summed E-state index contributed by atoms with van der Waals surface area (Å²) in [6.07, 6.45) is 0. The smallest absolute Gasteiger partial charge is 0.486 e. The van der Waals surface area contributed by atoms with Crippen LogP contribution in [0.1, 0.15) is 11.1 Å². The maximum absolute atomic E-state index is 13.4. The molecule has 0 spiro atoms. The Kier molecular flexibility index (Phi) is 6.93. The first-order chi connectivity index (χ1) is 9.36. The van der Waals surface area contributed by atoms with E-state index in [0.29, 0.717) is 12.1 Å². The minimum absolute atomic E-state index is 0. The molecule has 2 aromatic rings. The van der Waals surface area contributed by atoms with Gasteiger partial charge in [0.15, 0.2) is 11.6 Å². The minimum atomic E-state index is -5.16. The van der Waals surface area contributed by atoms with Gasteiger partial charge >= 0.3 is 58.4 Å². The first kappa shape index (κ1) is 18.7. The van der Waals surface area contributed by atoms with Crippen LogP contribution < -0.4 is 61.6 Å². The molecule has 0 radical (unpaired) electrons. The molecule has 21 heavy (non-hydrogen) atoms. The summed E-state index contributed by atoms with van der Waals surface area (Å²) >= 11 is 0. The van der Waals surface area contributed by atoms with Crippen molar-refractivity contribution >= 4 is 12.4 Å². The Morgan fingerprint density at radius 1 is 1.00 bits per heavy atom. The zero-order valence-electron chi connectivity index (χ0n) is 11.7. The molecule has 0 heterocycles. The summed E-state index contributed by atoms with van der Waals surface area (Å²) in [5.74, 6) is -1.19. The maximum Gasteiger partial charge on any atom is 1.00 e. The molecule has 0 aromatic heterocycles. The van der Waals surface area contributed by atoms with Crippen LogP contribution in [0.25, 0.3) is 0 Å². The largest absolute Gasteiger partial charge is 1.00 e. The van der Waals surface area contributed by atoms with Crippen molar-refractivity contribution < 1.29 is 73.5 Å². The molecule has 2 aromatic carbocycles. The van der Waals surface area contributed by atoms with Crippen LogP contribution in [0, 0.1) is 12.7 Å². The molecule has 0 saturated heterocycles. The maximum atomic E-state index is 13.4. The summed E-state index contributed by atoms with van der Waals surface area (Å²) in [5, 5.41) is 0. The molecule has 0 atom stereocenters. The van der Waals surface area contributed by atoms with Gasteiger partial charge in [0.1, 0.15) is 6.61 Å². The second-order valence-electron chi connectivity index (χ2n) is 4.54. The zero-order chi connectivity index (χ0) is 14.8. The molecule has 0 aliphatic heterocycles. The second-order valence-corrected chi connectivity index (χ2v) is 4.54. The first-order valence-corrected chi connectivity index (χ1v) is 6.04. The van der Waals surface area contributed by atoms with E-state index in [0.717, 1.165) is 17.2 Å². The van der Waals surface area contributed by atoms with Gasteiger partial charge in [-0.1, -0.05) is 35.9 Å². The van der Waals surface area contributed by atoms with Crippen LogP contribution in [0.15, 0.2) is 42.5 Å². The fourth-order valence-corrected chi connectivity index (χ4v) is 1.68. The predicted octanol–water partition coefficient (Wildman–Crippen LogP) is 0.772. The third-order valence-corrected chi connectivity index (χ3v) is 2.85. The van der Waals surface area contributed by atoms with Gasteiger partial charge in [-0.15, -0.1) is 5.46 Å². The SMILES string of the molecule is Cc1ccc(COc2cc([B-](F)(F)F)ccc2F)cc1.[K+]. The molecule has 106 valence electrons. The van der Waals surface area contributed by atoms with Gasteiger partial charge < -0.3 is 17.7 Å². The van der Waals surface area contributed by atoms with Crippen LogP contribution in [-0.2, 0) is 6.61 Å². The molecule has 0 bridgehead atoms. The van der Waals surface area contributed by atoms with Gasteiger partial charge in [0.05, 0.1) is 0 Å². The topological polar surface area (TPSA) is 9.23 Å². The average molecular weight is 322 g/mol. The van der Waals surface area contributed by atoms with E-state index in [1.807, 2.05) is 19.1 Å². The van der Waals surface area contributed by atoms with Crippen molar-refractivity contribution in [2.45, 2.75) is 13.5 Å². The van der Waals surface area contributed by atoms with Gasteiger partial charge in [-0.2, -0.15) is 0 Å². The van der Waals surface area contributed by atoms with E-state index in [2.05, 4.69) is 0 Å². The molecule has 1 nitrogen and oxygen atoms in total. The number of hydrogen-bond acceptors (Lipinski definition) is 1. The Hall–Kier alpha value is -0.339. The van der Waals surface area contributed by atoms with E-state index in [4.69, 9.17) is 4.74 Å². The van der Waals surface area contributed by atoms with Crippen molar-refractivity contribution in [3.63, 3.8) is 0 Å². The molecule has 0 N–H and O–H groups in total. The van der Waals surface area contributed by atoms with Gasteiger partial charge in [0.25, 0.3) is 0 Å². The van der Waals surface area contributed by atoms with Gasteiger partial charge in [-0.25, -0.2) is 4.39 Å². The van der Waals surface area contributed by atoms with E-state index in [-0.39, 0.29) is 63.7 Å². The average Bonchev–Trinajstić information content (AvgIpc) is 2.38. The zero-order valence-corrected chi connectivity index (χ0v) is 14.9. The van der Waals surface area contributed by atoms with Crippen molar-refractivity contribution in [1.82, 2.24) is 0 Å². The van der Waals surface area contributed by atoms with E-state index in [9.17, 15) is 17.3 Å². The van der Waals surface area contributed by atoms with Gasteiger partial charge in [0.2, 0.25) is 0 Å². The van der Waals surface area contributed by atoms with Crippen LogP contribution in [0.4, 0.5) is 17.3 Å². The molecule has 0 amide bonds. The normalized spacial score (nSPS) is 10.9. The number of ether oxygens (including phenoxy) is 1. The third kappa shape index (κ3) is 5.41. The Bertz CT molecular complexity index is 599. The van der Waals surface area contributed by atoms with Crippen LogP contribution in [0.3, 0.4) is 0 Å². The summed E-state index contributed by atoms with van der Waals surface area (Å²) < 4.78 is 56.3. The summed E-state index contributed by atoms with van der Waals surface area (Å²) in [6.45, 7) is -3.23. The van der Waals surface area contributed by atoms with Gasteiger partial charge in [-0.05, 0) is 24.6 Å². The second kappa shape index (κ2) is 7.78. The molecule has 0 saturated carbocycles. The van der Waals surface area contributed by atoms with Crippen molar-refractivity contribution in [1.29, 1.82) is 0 Å². The number of hydrogen-bond donors (Lipinski definition) is 0. The summed E-state index contributed by atoms with van der Waals surface area (Å²) in [6, 6.07) is 9.46. The summed E-state index contributed by atoms with van der Waals surface area (Å²) in [7, 11) is 0. The molecule has 0 aliphatic rings. The van der Waals surface area contributed by atoms with E-state index in [1.165, 1.54) is 0 Å². The van der Waals surface area contributed by atoms with Crippen LogP contribution in [0.5, 0.6) is 5.75 Å². The monoisotopic (exact) mass is 322 g/mol. The van der Waals surface area contributed by atoms with Gasteiger partial charge in [0, 0.05) is 0 Å². The van der Waals surface area contributed by atoms with Crippen LogP contribution in [0.2, 0.25) is 0 Å². The molecule has 0 fully saturated rings. The quantitative estimate of drug-likeness (QED) is 0.597. The van der Waals surface area contributed by atoms with E-state index >= 15 is 0 Å². The third-order valence-electron chi connectivity index (χ3n) is 2.85. The Labute approximate surface area is 163 Å². The fraction of sp³-hybridized carbons (Fsp3) is 0.143. The number of benzene rings is 2. The summed E-state index contributed by atoms with van der Waals surface area (Å²) in [5.41, 5.74) is 0.949. The Morgan fingerprint density at radius 3 is 2.19 bits per heavy atom. The molecular formula is C14H12BF4KO. The molecule has 2 rings (SSSR count). The Morgan fingerprint density at radius 2 is 1.62 bits per heavy atom. The molecule has 0 aliphatic carbocycles. The molecule has 7 heteroatoms. The van der Waals surface area contributed by atoms with Crippen molar-refractivity contribution in [2.75, 3.05) is 0 Å². The fourth-order valence-electron chi connectivity index (χ4n) is 1.68. The van der Waals surface area contributed by atoms with Gasteiger partial charge in [-0.3, -0.25) is 0 Å². The van der Waals surface area contributed by atoms with Crippen molar-refractivity contribution in [3.8, 4) is 5.75 Å². The van der Waals surface area contributed by atoms with Crippen LogP contribution >= 0.6 is 0 Å².